The van der Waals surface area contributed by atoms with Gasteiger partial charge in [0.1, 0.15) is 0 Å². The van der Waals surface area contributed by atoms with Crippen molar-refractivity contribution in [3.63, 3.8) is 0 Å². The van der Waals surface area contributed by atoms with E-state index < -0.39 is 10.8 Å². The van der Waals surface area contributed by atoms with Gasteiger partial charge in [-0.05, 0) is 73.8 Å². The lowest BCUT2D eigenvalue weighted by atomic mass is 9.69. The Kier molecular flexibility index (Phi) is 5.47. The van der Waals surface area contributed by atoms with Crippen LogP contribution in [-0.2, 0) is 5.41 Å². The van der Waals surface area contributed by atoms with E-state index >= 15 is 0 Å². The summed E-state index contributed by atoms with van der Waals surface area (Å²) in [4.78, 5) is 28.8. The second kappa shape index (κ2) is 8.39. The summed E-state index contributed by atoms with van der Waals surface area (Å²) in [5.74, 6) is -2.94. The van der Waals surface area contributed by atoms with Gasteiger partial charge < -0.3 is 15.1 Å². The van der Waals surface area contributed by atoms with Gasteiger partial charge in [-0.3, -0.25) is 14.9 Å². The van der Waals surface area contributed by atoms with Crippen molar-refractivity contribution in [3.05, 3.63) is 57.6 Å². The van der Waals surface area contributed by atoms with E-state index in [2.05, 4.69) is 15.1 Å². The van der Waals surface area contributed by atoms with Crippen molar-refractivity contribution >= 4 is 28.7 Å². The average Bonchev–Trinajstić information content (AvgIpc) is 3.57. The van der Waals surface area contributed by atoms with Crippen LogP contribution in [0.2, 0.25) is 0 Å². The molecule has 4 aliphatic rings. The minimum absolute atomic E-state index is 0.0325. The predicted octanol–water partition coefficient (Wildman–Crippen LogP) is 6.12. The molecule has 2 aliphatic carbocycles. The molecule has 2 saturated carbocycles. The number of nitrogens with zero attached hydrogens (tertiary/aromatic N) is 3. The van der Waals surface area contributed by atoms with E-state index in [9.17, 15) is 23.7 Å². The number of anilines is 3. The molecule has 6 rings (SSSR count). The molecule has 1 N–H and O–H groups in total. The van der Waals surface area contributed by atoms with Crippen LogP contribution in [-0.4, -0.2) is 43.4 Å². The van der Waals surface area contributed by atoms with Crippen LogP contribution in [0.4, 0.5) is 31.5 Å². The van der Waals surface area contributed by atoms with Crippen LogP contribution in [0.1, 0.15) is 67.3 Å². The van der Waals surface area contributed by atoms with Gasteiger partial charge in [0.15, 0.2) is 0 Å². The zero-order valence-corrected chi connectivity index (χ0v) is 21.1. The highest BCUT2D eigenvalue weighted by Crippen LogP contribution is 2.54. The molecule has 37 heavy (non-hydrogen) atoms. The fraction of sp³-hybridized carbons (Fsp3) is 0.536. The first-order valence-corrected chi connectivity index (χ1v) is 13.2. The van der Waals surface area contributed by atoms with Crippen LogP contribution in [0.5, 0.6) is 0 Å². The van der Waals surface area contributed by atoms with Gasteiger partial charge >= 0.3 is 0 Å². The predicted molar refractivity (Wildman–Crippen MR) is 139 cm³/mol. The molecule has 0 bridgehead atoms. The van der Waals surface area contributed by atoms with E-state index in [0.29, 0.717) is 41.7 Å². The van der Waals surface area contributed by atoms with E-state index in [4.69, 9.17) is 0 Å². The molecule has 2 aromatic rings. The number of likely N-dealkylation sites (N-methyl/N-ethyl adjacent to an activating group) is 1. The Hall–Kier alpha value is -3.23. The average molecular weight is 511 g/mol. The molecule has 0 radical (unpaired) electrons. The number of piperidine rings is 1. The van der Waals surface area contributed by atoms with Gasteiger partial charge in [0.05, 0.1) is 16.2 Å². The second-order valence-electron chi connectivity index (χ2n) is 11.6. The molecule has 2 heterocycles. The molecular weight excluding hydrogens is 478 g/mol. The molecule has 196 valence electrons. The Morgan fingerprint density at radius 1 is 0.946 bits per heavy atom. The number of alkyl halides is 2. The zero-order valence-electron chi connectivity index (χ0n) is 21.1. The number of nitro benzene ring substituents is 1. The molecule has 7 nitrogen and oxygen atoms in total. The monoisotopic (exact) mass is 510 g/mol. The quantitative estimate of drug-likeness (QED) is 0.396. The van der Waals surface area contributed by atoms with Crippen molar-refractivity contribution in [2.75, 3.05) is 41.8 Å². The Morgan fingerprint density at radius 2 is 1.65 bits per heavy atom. The Bertz CT molecular complexity index is 1260. The van der Waals surface area contributed by atoms with Gasteiger partial charge in [-0.1, -0.05) is 0 Å². The molecule has 2 spiro atoms. The van der Waals surface area contributed by atoms with Gasteiger partial charge in [0.2, 0.25) is 5.92 Å². The van der Waals surface area contributed by atoms with Crippen molar-refractivity contribution in [3.8, 4) is 0 Å². The largest absolute Gasteiger partial charge is 0.373 e. The van der Waals surface area contributed by atoms with Crippen molar-refractivity contribution in [1.82, 2.24) is 0 Å². The molecule has 9 heteroatoms. The fourth-order valence-corrected chi connectivity index (χ4v) is 6.70. The summed E-state index contributed by atoms with van der Waals surface area (Å²) < 4.78 is 27.9. The number of carbonyl (C=O) groups is 1. The third-order valence-corrected chi connectivity index (χ3v) is 9.27. The standard InChI is InChI=1S/C28H32F2N4O3/c1-32-18-27(8-10-28(29,30)11-9-27)22-16-19(2-5-23(22)32)31-25(35)21-4-3-20(34(36)37)17-24(21)33-14-12-26(6-7-26)13-15-33/h2-5,16-17H,6-15,18H2,1H3,(H,31,35). The van der Waals surface area contributed by atoms with Crippen molar-refractivity contribution in [2.45, 2.75) is 62.7 Å². The molecule has 1 saturated heterocycles. The van der Waals surface area contributed by atoms with E-state index in [1.807, 2.05) is 25.2 Å². The number of amides is 1. The number of nitro groups is 1. The van der Waals surface area contributed by atoms with Crippen LogP contribution in [0.15, 0.2) is 36.4 Å². The van der Waals surface area contributed by atoms with E-state index in [1.54, 1.807) is 0 Å². The summed E-state index contributed by atoms with van der Waals surface area (Å²) in [7, 11) is 1.98. The highest BCUT2D eigenvalue weighted by molar-refractivity contribution is 6.08. The smallest absolute Gasteiger partial charge is 0.271 e. The number of benzene rings is 2. The molecule has 2 aliphatic heterocycles. The minimum atomic E-state index is -2.61. The molecule has 0 atom stereocenters. The molecule has 0 aromatic heterocycles. The number of rotatable bonds is 4. The lowest BCUT2D eigenvalue weighted by molar-refractivity contribution is -0.384. The van der Waals surface area contributed by atoms with Crippen molar-refractivity contribution in [1.29, 1.82) is 0 Å². The first-order chi connectivity index (χ1) is 17.6. The lowest BCUT2D eigenvalue weighted by Gasteiger charge is -2.37. The maximum atomic E-state index is 14.0. The van der Waals surface area contributed by atoms with Gasteiger partial charge in [0, 0.05) is 68.4 Å². The van der Waals surface area contributed by atoms with Crippen molar-refractivity contribution in [2.24, 2.45) is 5.41 Å². The fourth-order valence-electron chi connectivity index (χ4n) is 6.70. The van der Waals surface area contributed by atoms with Gasteiger partial charge in [-0.15, -0.1) is 0 Å². The summed E-state index contributed by atoms with van der Waals surface area (Å²) in [5, 5.41) is 14.5. The third kappa shape index (κ3) is 4.32. The van der Waals surface area contributed by atoms with Crippen LogP contribution in [0.25, 0.3) is 0 Å². The normalized spacial score (nSPS) is 22.7. The van der Waals surface area contributed by atoms with E-state index in [0.717, 1.165) is 37.2 Å². The van der Waals surface area contributed by atoms with Gasteiger partial charge in [-0.2, -0.15) is 0 Å². The summed E-state index contributed by atoms with van der Waals surface area (Å²) >= 11 is 0. The summed E-state index contributed by atoms with van der Waals surface area (Å²) in [5.41, 5.74) is 3.70. The minimum Gasteiger partial charge on any atom is -0.373 e. The van der Waals surface area contributed by atoms with Crippen molar-refractivity contribution < 1.29 is 18.5 Å². The topological polar surface area (TPSA) is 78.7 Å². The first-order valence-electron chi connectivity index (χ1n) is 13.2. The Morgan fingerprint density at radius 3 is 2.30 bits per heavy atom. The number of halogens is 2. The highest BCUT2D eigenvalue weighted by atomic mass is 19.3. The molecule has 0 unspecified atom stereocenters. The zero-order chi connectivity index (χ0) is 26.0. The molecule has 1 amide bonds. The molecule has 2 aromatic carbocycles. The number of hydrogen-bond acceptors (Lipinski definition) is 5. The number of fused-ring (bicyclic) bond motifs is 2. The third-order valence-electron chi connectivity index (χ3n) is 9.27. The molecule has 3 fully saturated rings. The second-order valence-corrected chi connectivity index (χ2v) is 11.6. The Labute approximate surface area is 215 Å². The lowest BCUT2D eigenvalue weighted by Crippen LogP contribution is -2.39. The number of non-ortho nitro benzene ring substituents is 1. The van der Waals surface area contributed by atoms with Gasteiger partial charge in [-0.25, -0.2) is 8.78 Å². The SMILES string of the molecule is CN1CC2(CCC(F)(F)CC2)c2cc(NC(=O)c3ccc([N+](=O)[O-])cc3N3CCC4(CC3)CC4)ccc21. The van der Waals surface area contributed by atoms with Crippen LogP contribution in [0.3, 0.4) is 0 Å². The van der Waals surface area contributed by atoms with Gasteiger partial charge in [0.25, 0.3) is 11.6 Å². The summed E-state index contributed by atoms with van der Waals surface area (Å²) in [6.07, 6.45) is 5.15. The maximum Gasteiger partial charge on any atom is 0.271 e. The summed E-state index contributed by atoms with van der Waals surface area (Å²) in [6.45, 7) is 2.25. The van der Waals surface area contributed by atoms with E-state index in [1.165, 1.54) is 31.0 Å². The number of nitrogens with one attached hydrogen (secondary N) is 1. The highest BCUT2D eigenvalue weighted by Gasteiger charge is 2.49. The Balaban J connectivity index is 1.27. The first kappa shape index (κ1) is 24.1. The number of hydrogen-bond donors (Lipinski definition) is 1. The van der Waals surface area contributed by atoms with Crippen LogP contribution >= 0.6 is 0 Å². The number of carbonyl (C=O) groups excluding carboxylic acids is 1. The van der Waals surface area contributed by atoms with Crippen LogP contribution in [0, 0.1) is 15.5 Å². The molecular formula is C28H32F2N4O3. The maximum absolute atomic E-state index is 14.0. The van der Waals surface area contributed by atoms with Crippen LogP contribution < -0.4 is 15.1 Å². The van der Waals surface area contributed by atoms with E-state index in [-0.39, 0.29) is 29.9 Å². The summed E-state index contributed by atoms with van der Waals surface area (Å²) in [6, 6.07) is 10.1.